The fraction of sp³-hybridized carbons (Fsp3) is 0.417. The Hall–Kier alpha value is -2.55. The first kappa shape index (κ1) is 13.4. The van der Waals surface area contributed by atoms with Gasteiger partial charge in [-0.2, -0.15) is 0 Å². The highest BCUT2D eigenvalue weighted by Gasteiger charge is 2.25. The third-order valence-electron chi connectivity index (χ3n) is 3.51. The number of aliphatic hydroxyl groups is 1. The van der Waals surface area contributed by atoms with Crippen molar-refractivity contribution in [2.24, 2.45) is 0 Å². The Morgan fingerprint density at radius 2 is 2.29 bits per heavy atom. The topological polar surface area (TPSA) is 110 Å². The molecule has 21 heavy (non-hydrogen) atoms. The summed E-state index contributed by atoms with van der Waals surface area (Å²) in [4.78, 5) is 12.7. The molecule has 0 radical (unpaired) electrons. The molecule has 1 aromatic carbocycles. The number of nitro groups is 1. The van der Waals surface area contributed by atoms with Crippen molar-refractivity contribution in [3.05, 3.63) is 34.6 Å². The normalized spacial score (nSPS) is 18.7. The number of anilines is 1. The van der Waals surface area contributed by atoms with E-state index in [2.05, 4.69) is 15.5 Å². The van der Waals surface area contributed by atoms with Gasteiger partial charge in [0.05, 0.1) is 16.7 Å². The molecule has 0 aliphatic carbocycles. The van der Waals surface area contributed by atoms with Crippen molar-refractivity contribution in [2.75, 3.05) is 18.0 Å². The molecular formula is C12H14N6O3. The molecule has 0 spiro atoms. The second-order valence-corrected chi connectivity index (χ2v) is 4.93. The molecule has 1 aliphatic rings. The molecule has 1 aliphatic heterocycles. The van der Waals surface area contributed by atoms with Gasteiger partial charge in [-0.3, -0.25) is 10.1 Å². The molecule has 0 amide bonds. The molecule has 1 saturated heterocycles. The average molecular weight is 290 g/mol. The van der Waals surface area contributed by atoms with Crippen LogP contribution < -0.4 is 4.90 Å². The monoisotopic (exact) mass is 290 g/mol. The lowest BCUT2D eigenvalue weighted by Gasteiger charge is -2.31. The zero-order valence-corrected chi connectivity index (χ0v) is 11.2. The predicted molar refractivity (Wildman–Crippen MR) is 73.3 cm³/mol. The second-order valence-electron chi connectivity index (χ2n) is 4.93. The molecular weight excluding hydrogens is 276 g/mol. The molecule has 0 saturated carbocycles. The SMILES string of the molecule is O=[N+]([O-])c1cc(-n2cnnn2)ccc1N1CCCC(O)C1. The maximum Gasteiger partial charge on any atom is 0.294 e. The van der Waals surface area contributed by atoms with Gasteiger partial charge in [0.15, 0.2) is 0 Å². The van der Waals surface area contributed by atoms with E-state index in [9.17, 15) is 15.2 Å². The first-order valence-corrected chi connectivity index (χ1v) is 6.60. The van der Waals surface area contributed by atoms with E-state index >= 15 is 0 Å². The third kappa shape index (κ3) is 2.68. The first-order chi connectivity index (χ1) is 10.1. The summed E-state index contributed by atoms with van der Waals surface area (Å²) in [6.45, 7) is 1.10. The van der Waals surface area contributed by atoms with Gasteiger partial charge in [0.25, 0.3) is 5.69 Å². The highest BCUT2D eigenvalue weighted by Crippen LogP contribution is 2.32. The molecule has 0 bridgehead atoms. The lowest BCUT2D eigenvalue weighted by molar-refractivity contribution is -0.384. The van der Waals surface area contributed by atoms with Crippen molar-refractivity contribution < 1.29 is 10.0 Å². The van der Waals surface area contributed by atoms with E-state index in [1.165, 1.54) is 17.1 Å². The van der Waals surface area contributed by atoms with Gasteiger partial charge in [-0.25, -0.2) is 4.68 Å². The first-order valence-electron chi connectivity index (χ1n) is 6.60. The van der Waals surface area contributed by atoms with E-state index in [0.29, 0.717) is 24.5 Å². The van der Waals surface area contributed by atoms with Crippen LogP contribution in [-0.4, -0.2) is 49.4 Å². The fourth-order valence-electron chi connectivity index (χ4n) is 2.52. The minimum absolute atomic E-state index is 0.0166. The van der Waals surface area contributed by atoms with E-state index in [4.69, 9.17) is 0 Å². The van der Waals surface area contributed by atoms with Crippen LogP contribution in [0.2, 0.25) is 0 Å². The number of nitrogens with zero attached hydrogens (tertiary/aromatic N) is 6. The average Bonchev–Trinajstić information content (AvgIpc) is 3.01. The molecule has 2 heterocycles. The molecule has 9 heteroatoms. The zero-order valence-electron chi connectivity index (χ0n) is 11.2. The van der Waals surface area contributed by atoms with Crippen molar-refractivity contribution in [2.45, 2.75) is 18.9 Å². The van der Waals surface area contributed by atoms with Crippen LogP contribution in [0.3, 0.4) is 0 Å². The summed E-state index contributed by atoms with van der Waals surface area (Å²) in [5.41, 5.74) is 1.01. The van der Waals surface area contributed by atoms with Gasteiger partial charge < -0.3 is 10.0 Å². The molecule has 1 aromatic heterocycles. The van der Waals surface area contributed by atoms with Gasteiger partial charge >= 0.3 is 0 Å². The number of benzene rings is 1. The Labute approximate surface area is 119 Å². The van der Waals surface area contributed by atoms with Crippen LogP contribution in [0, 0.1) is 10.1 Å². The van der Waals surface area contributed by atoms with Crippen LogP contribution in [0.5, 0.6) is 0 Å². The van der Waals surface area contributed by atoms with Gasteiger partial charge in [0, 0.05) is 19.2 Å². The third-order valence-corrected chi connectivity index (χ3v) is 3.51. The molecule has 1 N–H and O–H groups in total. The maximum atomic E-state index is 11.3. The molecule has 3 rings (SSSR count). The van der Waals surface area contributed by atoms with Gasteiger partial charge in [0.2, 0.25) is 0 Å². The van der Waals surface area contributed by atoms with Gasteiger partial charge in [0.1, 0.15) is 12.0 Å². The fourth-order valence-corrected chi connectivity index (χ4v) is 2.52. The lowest BCUT2D eigenvalue weighted by Crippen LogP contribution is -2.38. The number of piperidine rings is 1. The zero-order chi connectivity index (χ0) is 14.8. The van der Waals surface area contributed by atoms with Crippen molar-refractivity contribution >= 4 is 11.4 Å². The summed E-state index contributed by atoms with van der Waals surface area (Å²) in [5.74, 6) is 0. The van der Waals surface area contributed by atoms with Crippen LogP contribution >= 0.6 is 0 Å². The molecule has 1 fully saturated rings. The van der Waals surface area contributed by atoms with Crippen molar-refractivity contribution in [1.29, 1.82) is 0 Å². The predicted octanol–water partition coefficient (Wildman–Crippen LogP) is 0.532. The van der Waals surface area contributed by atoms with Crippen LogP contribution in [0.15, 0.2) is 24.5 Å². The van der Waals surface area contributed by atoms with Crippen molar-refractivity contribution in [3.63, 3.8) is 0 Å². The Balaban J connectivity index is 1.98. The number of β-amino-alcohol motifs (C(OH)–C–C–N with tert-alkyl or cyclic N) is 1. The van der Waals surface area contributed by atoms with E-state index in [-0.39, 0.29) is 5.69 Å². The summed E-state index contributed by atoms with van der Waals surface area (Å²) < 4.78 is 1.36. The summed E-state index contributed by atoms with van der Waals surface area (Å²) in [6.07, 6.45) is 2.47. The largest absolute Gasteiger partial charge is 0.391 e. The standard InChI is InChI=1S/C12H14N6O3/c19-10-2-1-5-16(7-10)11-4-3-9(6-12(11)18(20)21)17-8-13-14-15-17/h3-4,6,8,10,19H,1-2,5,7H2. The summed E-state index contributed by atoms with van der Waals surface area (Å²) in [6, 6.07) is 4.83. The van der Waals surface area contributed by atoms with E-state index in [1.807, 2.05) is 4.90 Å². The highest BCUT2D eigenvalue weighted by molar-refractivity contribution is 5.66. The van der Waals surface area contributed by atoms with Crippen LogP contribution in [0.4, 0.5) is 11.4 Å². The van der Waals surface area contributed by atoms with Crippen LogP contribution in [0.1, 0.15) is 12.8 Å². The van der Waals surface area contributed by atoms with Crippen LogP contribution in [0.25, 0.3) is 5.69 Å². The Kier molecular flexibility index (Phi) is 3.48. The Morgan fingerprint density at radius 3 is 2.95 bits per heavy atom. The maximum absolute atomic E-state index is 11.3. The molecule has 1 atom stereocenters. The minimum atomic E-state index is -0.447. The number of aliphatic hydroxyl groups excluding tert-OH is 1. The number of aromatic nitrogens is 4. The molecule has 9 nitrogen and oxygen atoms in total. The van der Waals surface area contributed by atoms with Gasteiger partial charge in [-0.15, -0.1) is 5.10 Å². The summed E-state index contributed by atoms with van der Waals surface area (Å²) in [7, 11) is 0. The smallest absolute Gasteiger partial charge is 0.294 e. The Bertz CT molecular complexity index is 644. The van der Waals surface area contributed by atoms with Crippen LogP contribution in [-0.2, 0) is 0 Å². The van der Waals surface area contributed by atoms with E-state index in [0.717, 1.165) is 12.8 Å². The number of tetrazole rings is 1. The highest BCUT2D eigenvalue weighted by atomic mass is 16.6. The van der Waals surface area contributed by atoms with E-state index in [1.54, 1.807) is 12.1 Å². The number of hydrogen-bond donors (Lipinski definition) is 1. The summed E-state index contributed by atoms with van der Waals surface area (Å²) >= 11 is 0. The molecule has 110 valence electrons. The summed E-state index contributed by atoms with van der Waals surface area (Å²) in [5, 5.41) is 31.8. The van der Waals surface area contributed by atoms with Gasteiger partial charge in [-0.1, -0.05) is 0 Å². The lowest BCUT2D eigenvalue weighted by atomic mass is 10.1. The van der Waals surface area contributed by atoms with Crippen molar-refractivity contribution in [1.82, 2.24) is 20.2 Å². The van der Waals surface area contributed by atoms with Crippen molar-refractivity contribution in [3.8, 4) is 5.69 Å². The van der Waals surface area contributed by atoms with Gasteiger partial charge in [-0.05, 0) is 35.4 Å². The Morgan fingerprint density at radius 1 is 1.43 bits per heavy atom. The number of rotatable bonds is 3. The number of hydrogen-bond acceptors (Lipinski definition) is 7. The quantitative estimate of drug-likeness (QED) is 0.648. The minimum Gasteiger partial charge on any atom is -0.391 e. The molecule has 2 aromatic rings. The second kappa shape index (κ2) is 5.44. The molecule has 1 unspecified atom stereocenters. The number of nitro benzene ring substituents is 1. The van der Waals surface area contributed by atoms with E-state index < -0.39 is 11.0 Å².